The predicted octanol–water partition coefficient (Wildman–Crippen LogP) is 3.89. The highest BCUT2D eigenvalue weighted by Crippen LogP contribution is 2.33. The summed E-state index contributed by atoms with van der Waals surface area (Å²) in [5.41, 5.74) is 3.29. The number of amides is 1. The maximum Gasteiger partial charge on any atom is 0.234 e. The van der Waals surface area contributed by atoms with Crippen LogP contribution in [0.5, 0.6) is 11.5 Å². The van der Waals surface area contributed by atoms with Crippen LogP contribution < -0.4 is 9.47 Å². The number of fused-ring (bicyclic) bond motifs is 1. The lowest BCUT2D eigenvalue weighted by Crippen LogP contribution is -2.49. The van der Waals surface area contributed by atoms with Crippen LogP contribution in [-0.2, 0) is 11.3 Å². The van der Waals surface area contributed by atoms with Crippen molar-refractivity contribution in [2.75, 3.05) is 33.0 Å². The second kappa shape index (κ2) is 8.82. The SMILES string of the molecule is O=C(C(c1ccccc1)c1ccccc1)N1CCN(Cc2ccc3c(c2)OCO3)CC1. The van der Waals surface area contributed by atoms with Crippen LogP contribution in [0.4, 0.5) is 0 Å². The highest BCUT2D eigenvalue weighted by Gasteiger charge is 2.29. The van der Waals surface area contributed by atoms with Crippen LogP contribution in [0, 0.1) is 0 Å². The third kappa shape index (κ3) is 4.28. The molecule has 0 saturated carbocycles. The molecule has 5 heteroatoms. The summed E-state index contributed by atoms with van der Waals surface area (Å²) in [5, 5.41) is 0. The fraction of sp³-hybridized carbons (Fsp3) is 0.269. The van der Waals surface area contributed by atoms with Gasteiger partial charge in [-0.15, -0.1) is 0 Å². The van der Waals surface area contributed by atoms with Gasteiger partial charge in [-0.05, 0) is 28.8 Å². The lowest BCUT2D eigenvalue weighted by atomic mass is 9.90. The zero-order chi connectivity index (χ0) is 21.0. The van der Waals surface area contributed by atoms with Crippen molar-refractivity contribution in [1.29, 1.82) is 0 Å². The molecule has 0 N–H and O–H groups in total. The minimum absolute atomic E-state index is 0.181. The van der Waals surface area contributed by atoms with E-state index in [0.29, 0.717) is 6.79 Å². The van der Waals surface area contributed by atoms with E-state index < -0.39 is 0 Å². The Balaban J connectivity index is 1.26. The topological polar surface area (TPSA) is 42.0 Å². The molecule has 0 bridgehead atoms. The Labute approximate surface area is 182 Å². The highest BCUT2D eigenvalue weighted by molar-refractivity contribution is 5.87. The van der Waals surface area contributed by atoms with Crippen molar-refractivity contribution in [2.24, 2.45) is 0 Å². The van der Waals surface area contributed by atoms with Crippen molar-refractivity contribution < 1.29 is 14.3 Å². The summed E-state index contributed by atoms with van der Waals surface area (Å²) in [4.78, 5) is 18.0. The van der Waals surface area contributed by atoms with Crippen molar-refractivity contribution >= 4 is 5.91 Å². The van der Waals surface area contributed by atoms with Crippen molar-refractivity contribution in [1.82, 2.24) is 9.80 Å². The molecule has 31 heavy (non-hydrogen) atoms. The van der Waals surface area contributed by atoms with Gasteiger partial charge >= 0.3 is 0 Å². The van der Waals surface area contributed by atoms with Crippen molar-refractivity contribution in [2.45, 2.75) is 12.5 Å². The Kier molecular flexibility index (Phi) is 5.59. The monoisotopic (exact) mass is 414 g/mol. The molecule has 3 aromatic carbocycles. The van der Waals surface area contributed by atoms with E-state index in [0.717, 1.165) is 55.3 Å². The van der Waals surface area contributed by atoms with E-state index in [1.165, 1.54) is 5.56 Å². The predicted molar refractivity (Wildman–Crippen MR) is 119 cm³/mol. The van der Waals surface area contributed by atoms with E-state index in [1.54, 1.807) is 0 Å². The second-order valence-electron chi connectivity index (χ2n) is 8.04. The molecule has 1 amide bonds. The molecular formula is C26H26N2O3. The maximum atomic E-state index is 13.6. The molecule has 2 aliphatic rings. The number of ether oxygens (including phenoxy) is 2. The van der Waals surface area contributed by atoms with Crippen LogP contribution in [0.3, 0.4) is 0 Å². The number of benzene rings is 3. The number of hydrogen-bond donors (Lipinski definition) is 0. The van der Waals surface area contributed by atoms with Gasteiger partial charge in [0.1, 0.15) is 0 Å². The zero-order valence-electron chi connectivity index (χ0n) is 17.4. The van der Waals surface area contributed by atoms with Crippen LogP contribution in [-0.4, -0.2) is 48.7 Å². The molecule has 0 aromatic heterocycles. The van der Waals surface area contributed by atoms with Gasteiger partial charge in [-0.25, -0.2) is 0 Å². The smallest absolute Gasteiger partial charge is 0.234 e. The number of carbonyl (C=O) groups excluding carboxylic acids is 1. The molecule has 0 unspecified atom stereocenters. The first kappa shape index (κ1) is 19.6. The quantitative estimate of drug-likeness (QED) is 0.635. The van der Waals surface area contributed by atoms with Crippen molar-refractivity contribution in [3.8, 4) is 11.5 Å². The molecule has 1 saturated heterocycles. The number of nitrogens with zero attached hydrogens (tertiary/aromatic N) is 2. The molecule has 2 heterocycles. The van der Waals surface area contributed by atoms with Crippen LogP contribution in [0.1, 0.15) is 22.6 Å². The van der Waals surface area contributed by atoms with Gasteiger partial charge < -0.3 is 14.4 Å². The first-order valence-electron chi connectivity index (χ1n) is 10.8. The first-order valence-corrected chi connectivity index (χ1v) is 10.8. The Morgan fingerprint density at radius 2 is 1.39 bits per heavy atom. The van der Waals surface area contributed by atoms with Crippen LogP contribution in [0.25, 0.3) is 0 Å². The summed E-state index contributed by atoms with van der Waals surface area (Å²) in [6.45, 7) is 4.33. The van der Waals surface area contributed by atoms with Gasteiger partial charge in [0.15, 0.2) is 11.5 Å². The van der Waals surface area contributed by atoms with E-state index in [-0.39, 0.29) is 11.8 Å². The normalized spacial score (nSPS) is 16.0. The van der Waals surface area contributed by atoms with E-state index in [1.807, 2.05) is 71.6 Å². The fourth-order valence-corrected chi connectivity index (χ4v) is 4.38. The third-order valence-corrected chi connectivity index (χ3v) is 6.04. The number of rotatable bonds is 5. The van der Waals surface area contributed by atoms with Crippen molar-refractivity contribution in [3.63, 3.8) is 0 Å². The Bertz CT molecular complexity index is 992. The van der Waals surface area contributed by atoms with E-state index in [4.69, 9.17) is 9.47 Å². The Hall–Kier alpha value is -3.31. The largest absolute Gasteiger partial charge is 0.454 e. The summed E-state index contributed by atoms with van der Waals surface area (Å²) < 4.78 is 10.9. The number of piperazine rings is 1. The molecule has 1 fully saturated rings. The van der Waals surface area contributed by atoms with Gasteiger partial charge in [0.05, 0.1) is 5.92 Å². The molecule has 5 rings (SSSR count). The van der Waals surface area contributed by atoms with Crippen LogP contribution >= 0.6 is 0 Å². The number of hydrogen-bond acceptors (Lipinski definition) is 4. The number of carbonyl (C=O) groups is 1. The maximum absolute atomic E-state index is 13.6. The summed E-state index contributed by atoms with van der Waals surface area (Å²) in [5.74, 6) is 1.55. The molecule has 158 valence electrons. The second-order valence-corrected chi connectivity index (χ2v) is 8.04. The summed E-state index contributed by atoms with van der Waals surface area (Å²) in [6.07, 6.45) is 0. The van der Waals surface area contributed by atoms with Gasteiger partial charge in [-0.3, -0.25) is 9.69 Å². The van der Waals surface area contributed by atoms with E-state index in [9.17, 15) is 4.79 Å². The molecule has 3 aromatic rings. The first-order chi connectivity index (χ1) is 15.3. The zero-order valence-corrected chi connectivity index (χ0v) is 17.4. The molecule has 0 radical (unpaired) electrons. The van der Waals surface area contributed by atoms with Crippen molar-refractivity contribution in [3.05, 3.63) is 95.6 Å². The standard InChI is InChI=1S/C26H26N2O3/c29-26(25(21-7-3-1-4-8-21)22-9-5-2-6-10-22)28-15-13-27(14-16-28)18-20-11-12-23-24(17-20)31-19-30-23/h1-12,17,25H,13-16,18-19H2. The lowest BCUT2D eigenvalue weighted by Gasteiger charge is -2.36. The average Bonchev–Trinajstić information content (AvgIpc) is 3.29. The molecule has 0 spiro atoms. The van der Waals surface area contributed by atoms with E-state index in [2.05, 4.69) is 17.0 Å². The van der Waals surface area contributed by atoms with Gasteiger partial charge in [0, 0.05) is 32.7 Å². The Morgan fingerprint density at radius 1 is 0.774 bits per heavy atom. The molecule has 0 aliphatic carbocycles. The highest BCUT2D eigenvalue weighted by atomic mass is 16.7. The summed E-state index contributed by atoms with van der Waals surface area (Å²) in [7, 11) is 0. The summed E-state index contributed by atoms with van der Waals surface area (Å²) in [6, 6.07) is 26.3. The lowest BCUT2D eigenvalue weighted by molar-refractivity contribution is -0.133. The van der Waals surface area contributed by atoms with Crippen LogP contribution in [0.2, 0.25) is 0 Å². The fourth-order valence-electron chi connectivity index (χ4n) is 4.38. The molecular weight excluding hydrogens is 388 g/mol. The van der Waals surface area contributed by atoms with Gasteiger partial charge in [-0.1, -0.05) is 66.7 Å². The third-order valence-electron chi connectivity index (χ3n) is 6.04. The van der Waals surface area contributed by atoms with Crippen LogP contribution in [0.15, 0.2) is 78.9 Å². The molecule has 5 nitrogen and oxygen atoms in total. The molecule has 2 aliphatic heterocycles. The summed E-state index contributed by atoms with van der Waals surface area (Å²) >= 11 is 0. The minimum atomic E-state index is -0.261. The molecule has 0 atom stereocenters. The van der Waals surface area contributed by atoms with Gasteiger partial charge in [0.25, 0.3) is 0 Å². The average molecular weight is 415 g/mol. The van der Waals surface area contributed by atoms with Gasteiger partial charge in [-0.2, -0.15) is 0 Å². The van der Waals surface area contributed by atoms with E-state index >= 15 is 0 Å². The minimum Gasteiger partial charge on any atom is -0.454 e. The Morgan fingerprint density at radius 3 is 2.03 bits per heavy atom. The van der Waals surface area contributed by atoms with Gasteiger partial charge in [0.2, 0.25) is 12.7 Å².